The number of aryl methyl sites for hydroxylation is 1. The van der Waals surface area contributed by atoms with Crippen molar-refractivity contribution in [2.24, 2.45) is 0 Å². The number of pyridine rings is 2. The van der Waals surface area contributed by atoms with Gasteiger partial charge < -0.3 is 14.9 Å². The van der Waals surface area contributed by atoms with Crippen molar-refractivity contribution in [3.63, 3.8) is 0 Å². The zero-order valence-corrected chi connectivity index (χ0v) is 20.5. The quantitative estimate of drug-likeness (QED) is 0.282. The summed E-state index contributed by atoms with van der Waals surface area (Å²) in [5, 5.41) is 11.5. The lowest BCUT2D eigenvalue weighted by Gasteiger charge is -2.07. The van der Waals surface area contributed by atoms with Gasteiger partial charge in [0.15, 0.2) is 5.82 Å². The number of unbranched alkanes of at least 4 members (excludes halogenated alkanes) is 1. The van der Waals surface area contributed by atoms with Crippen molar-refractivity contribution >= 4 is 33.5 Å². The highest BCUT2D eigenvalue weighted by molar-refractivity contribution is 5.97. The molecule has 10 nitrogen and oxygen atoms in total. The third-order valence-electron chi connectivity index (χ3n) is 6.26. The van der Waals surface area contributed by atoms with Crippen molar-refractivity contribution in [3.05, 3.63) is 67.3 Å². The molecular weight excluding hydrogens is 466 g/mol. The van der Waals surface area contributed by atoms with Crippen LogP contribution < -0.4 is 5.32 Å². The number of aromatic nitrogens is 8. The van der Waals surface area contributed by atoms with Gasteiger partial charge in [0, 0.05) is 29.8 Å². The van der Waals surface area contributed by atoms with E-state index in [1.54, 1.807) is 31.1 Å². The van der Waals surface area contributed by atoms with Crippen LogP contribution in [-0.2, 0) is 4.79 Å². The van der Waals surface area contributed by atoms with Gasteiger partial charge in [-0.25, -0.2) is 9.97 Å². The molecule has 6 aromatic rings. The summed E-state index contributed by atoms with van der Waals surface area (Å²) in [6.07, 6.45) is 13.0. The molecule has 0 radical (unpaired) electrons. The number of rotatable bonds is 7. The Morgan fingerprint density at radius 1 is 1.05 bits per heavy atom. The lowest BCUT2D eigenvalue weighted by Crippen LogP contribution is -2.11. The number of nitrogens with one attached hydrogen (secondary N) is 3. The summed E-state index contributed by atoms with van der Waals surface area (Å²) in [5.74, 6) is 0.637. The first-order chi connectivity index (χ1) is 18.1. The van der Waals surface area contributed by atoms with Crippen molar-refractivity contribution in [1.29, 1.82) is 0 Å². The van der Waals surface area contributed by atoms with Crippen LogP contribution in [0, 0.1) is 6.92 Å². The van der Waals surface area contributed by atoms with E-state index in [0.29, 0.717) is 23.6 Å². The minimum atomic E-state index is -0.00188. The number of hydrogen-bond donors (Lipinski definition) is 3. The third kappa shape index (κ3) is 4.33. The summed E-state index contributed by atoms with van der Waals surface area (Å²) in [6, 6.07) is 7.98. The minimum Gasteiger partial charge on any atom is -0.335 e. The zero-order valence-electron chi connectivity index (χ0n) is 20.5. The van der Waals surface area contributed by atoms with Crippen LogP contribution in [0.25, 0.3) is 50.3 Å². The van der Waals surface area contributed by atoms with E-state index >= 15 is 0 Å². The molecule has 3 N–H and O–H groups in total. The van der Waals surface area contributed by atoms with Crippen LogP contribution >= 0.6 is 0 Å². The Labute approximate surface area is 212 Å². The lowest BCUT2D eigenvalue weighted by molar-refractivity contribution is -0.116. The summed E-state index contributed by atoms with van der Waals surface area (Å²) in [6.45, 7) is 4.01. The van der Waals surface area contributed by atoms with Crippen LogP contribution in [0.2, 0.25) is 0 Å². The maximum Gasteiger partial charge on any atom is 0.224 e. The second kappa shape index (κ2) is 9.30. The van der Waals surface area contributed by atoms with Gasteiger partial charge in [0.2, 0.25) is 5.91 Å². The number of anilines is 1. The minimum absolute atomic E-state index is 0.00188. The molecule has 0 saturated heterocycles. The Kier molecular flexibility index (Phi) is 5.68. The third-order valence-corrected chi connectivity index (χ3v) is 6.26. The summed E-state index contributed by atoms with van der Waals surface area (Å²) < 4.78 is 1.91. The van der Waals surface area contributed by atoms with Gasteiger partial charge in [-0.2, -0.15) is 5.10 Å². The van der Waals surface area contributed by atoms with E-state index in [-0.39, 0.29) is 5.91 Å². The van der Waals surface area contributed by atoms with E-state index in [4.69, 9.17) is 4.98 Å². The fraction of sp³-hybridized carbons (Fsp3) is 0.185. The SMILES string of the molecule is CCCCC(=O)Nc1cncc(-c2ccc3[nH]nc(-c4nc5c(-n6cnc(C)c6)cncc5[nH]4)c3c2)c1. The number of aromatic amines is 2. The van der Waals surface area contributed by atoms with E-state index < -0.39 is 0 Å². The lowest BCUT2D eigenvalue weighted by atomic mass is 10.0. The predicted octanol–water partition coefficient (Wildman–Crippen LogP) is 5.19. The van der Waals surface area contributed by atoms with Crippen LogP contribution in [0.15, 0.2) is 61.6 Å². The molecule has 184 valence electrons. The Hall–Kier alpha value is -4.86. The smallest absolute Gasteiger partial charge is 0.224 e. The normalized spacial score (nSPS) is 11.4. The summed E-state index contributed by atoms with van der Waals surface area (Å²) in [7, 11) is 0. The van der Waals surface area contributed by atoms with Gasteiger partial charge in [-0.05, 0) is 37.1 Å². The molecule has 0 unspecified atom stereocenters. The van der Waals surface area contributed by atoms with Gasteiger partial charge in [0.1, 0.15) is 11.2 Å². The van der Waals surface area contributed by atoms with Gasteiger partial charge in [-0.1, -0.05) is 19.4 Å². The van der Waals surface area contributed by atoms with Crippen LogP contribution in [-0.4, -0.2) is 45.6 Å². The number of hydrogen-bond acceptors (Lipinski definition) is 6. The molecule has 0 aliphatic heterocycles. The number of benzene rings is 1. The van der Waals surface area contributed by atoms with Crippen molar-refractivity contribution < 1.29 is 4.79 Å². The molecule has 0 atom stereocenters. The van der Waals surface area contributed by atoms with Crippen LogP contribution in [0.3, 0.4) is 0 Å². The number of amides is 1. The second-order valence-corrected chi connectivity index (χ2v) is 9.01. The first-order valence-corrected chi connectivity index (χ1v) is 12.2. The first kappa shape index (κ1) is 22.6. The average molecular weight is 492 g/mol. The molecule has 0 aliphatic rings. The van der Waals surface area contributed by atoms with Crippen molar-refractivity contribution in [3.8, 4) is 28.3 Å². The van der Waals surface area contributed by atoms with E-state index in [1.165, 1.54) is 0 Å². The monoisotopic (exact) mass is 491 g/mol. The standard InChI is InChI=1S/C27H25N9O/c1-3-4-5-24(37)31-19-8-18(10-28-11-19)17-6-7-21-20(9-17)25(35-34-21)27-32-22-12-29-13-23(26(22)33-27)36-14-16(2)30-15-36/h6-15H,3-5H2,1-2H3,(H,31,37)(H,32,33)(H,34,35). The molecule has 37 heavy (non-hydrogen) atoms. The highest BCUT2D eigenvalue weighted by Crippen LogP contribution is 2.31. The van der Waals surface area contributed by atoms with Gasteiger partial charge in [-0.15, -0.1) is 0 Å². The van der Waals surface area contributed by atoms with E-state index in [2.05, 4.69) is 48.4 Å². The largest absolute Gasteiger partial charge is 0.335 e. The molecule has 0 spiro atoms. The zero-order chi connectivity index (χ0) is 25.4. The van der Waals surface area contributed by atoms with Crippen molar-refractivity contribution in [2.45, 2.75) is 33.1 Å². The number of carbonyl (C=O) groups is 1. The first-order valence-electron chi connectivity index (χ1n) is 12.2. The molecule has 5 aromatic heterocycles. The maximum absolute atomic E-state index is 12.2. The molecule has 0 bridgehead atoms. The molecule has 0 aliphatic carbocycles. The molecule has 1 aromatic carbocycles. The molecule has 5 heterocycles. The van der Waals surface area contributed by atoms with E-state index in [9.17, 15) is 4.79 Å². The summed E-state index contributed by atoms with van der Waals surface area (Å²) >= 11 is 0. The summed E-state index contributed by atoms with van der Waals surface area (Å²) in [5.41, 5.74) is 7.47. The Balaban J connectivity index is 1.37. The van der Waals surface area contributed by atoms with Crippen LogP contribution in [0.5, 0.6) is 0 Å². The fourth-order valence-electron chi connectivity index (χ4n) is 4.37. The molecule has 0 fully saturated rings. The van der Waals surface area contributed by atoms with Crippen molar-refractivity contribution in [1.82, 2.24) is 39.7 Å². The molecule has 1 amide bonds. The van der Waals surface area contributed by atoms with E-state index in [1.807, 2.05) is 35.9 Å². The topological polar surface area (TPSA) is 130 Å². The average Bonchev–Trinajstić information content (AvgIpc) is 3.64. The predicted molar refractivity (Wildman–Crippen MR) is 142 cm³/mol. The maximum atomic E-state index is 12.2. The number of imidazole rings is 2. The van der Waals surface area contributed by atoms with Gasteiger partial charge in [0.05, 0.1) is 53.0 Å². The van der Waals surface area contributed by atoms with Gasteiger partial charge in [0.25, 0.3) is 0 Å². The van der Waals surface area contributed by atoms with Crippen LogP contribution in [0.4, 0.5) is 5.69 Å². The Morgan fingerprint density at radius 3 is 2.78 bits per heavy atom. The number of H-pyrrole nitrogens is 2. The van der Waals surface area contributed by atoms with E-state index in [0.717, 1.165) is 57.3 Å². The molecule has 0 saturated carbocycles. The van der Waals surface area contributed by atoms with Gasteiger partial charge in [-0.3, -0.25) is 19.9 Å². The molecule has 10 heteroatoms. The fourth-order valence-corrected chi connectivity index (χ4v) is 4.37. The molecular formula is C27H25N9O. The Bertz CT molecular complexity index is 1740. The Morgan fingerprint density at radius 2 is 1.95 bits per heavy atom. The second-order valence-electron chi connectivity index (χ2n) is 9.01. The molecule has 6 rings (SSSR count). The highest BCUT2D eigenvalue weighted by Gasteiger charge is 2.16. The van der Waals surface area contributed by atoms with Crippen LogP contribution in [0.1, 0.15) is 31.9 Å². The van der Waals surface area contributed by atoms with Gasteiger partial charge >= 0.3 is 0 Å². The van der Waals surface area contributed by atoms with Crippen molar-refractivity contribution in [2.75, 3.05) is 5.32 Å². The number of nitrogens with zero attached hydrogens (tertiary/aromatic N) is 6. The summed E-state index contributed by atoms with van der Waals surface area (Å²) in [4.78, 5) is 33.5. The number of fused-ring (bicyclic) bond motifs is 2. The number of carbonyl (C=O) groups excluding carboxylic acids is 1. The highest BCUT2D eigenvalue weighted by atomic mass is 16.1.